The second kappa shape index (κ2) is 5.66. The van der Waals surface area contributed by atoms with Gasteiger partial charge in [0.1, 0.15) is 0 Å². The molecule has 0 amide bonds. The molecule has 0 saturated heterocycles. The summed E-state index contributed by atoms with van der Waals surface area (Å²) in [5.74, 6) is 0.0194. The van der Waals surface area contributed by atoms with Crippen molar-refractivity contribution in [1.29, 1.82) is 0 Å². The molecule has 1 N–H and O–H groups in total. The predicted octanol–water partition coefficient (Wildman–Crippen LogP) is 3.03. The van der Waals surface area contributed by atoms with Gasteiger partial charge >= 0.3 is 0 Å². The lowest BCUT2D eigenvalue weighted by Crippen LogP contribution is -2.46. The van der Waals surface area contributed by atoms with Crippen molar-refractivity contribution in [2.75, 3.05) is 7.05 Å². The van der Waals surface area contributed by atoms with Crippen molar-refractivity contribution in [3.8, 4) is 0 Å². The summed E-state index contributed by atoms with van der Waals surface area (Å²) < 4.78 is 25.4. The number of halogens is 1. The minimum Gasteiger partial charge on any atom is -0.315 e. The van der Waals surface area contributed by atoms with E-state index in [1.807, 2.05) is 19.2 Å². The molecule has 1 aliphatic carbocycles. The van der Waals surface area contributed by atoms with Crippen LogP contribution in [0.15, 0.2) is 24.3 Å². The molecular weight excluding hydrogens is 294 g/mol. The molecule has 2 atom stereocenters. The first-order chi connectivity index (χ1) is 9.28. The number of hydrogen-bond acceptors (Lipinski definition) is 3. The van der Waals surface area contributed by atoms with E-state index in [0.717, 1.165) is 6.42 Å². The van der Waals surface area contributed by atoms with E-state index in [0.29, 0.717) is 17.0 Å². The van der Waals surface area contributed by atoms with Crippen LogP contribution >= 0.6 is 11.6 Å². The van der Waals surface area contributed by atoms with Gasteiger partial charge in [-0.3, -0.25) is 0 Å². The largest absolute Gasteiger partial charge is 0.315 e. The Kier molecular flexibility index (Phi) is 4.47. The maximum Gasteiger partial charge on any atom is 0.158 e. The Morgan fingerprint density at radius 3 is 2.60 bits per heavy atom. The summed E-state index contributed by atoms with van der Waals surface area (Å²) in [6, 6.07) is 7.16. The average molecular weight is 316 g/mol. The quantitative estimate of drug-likeness (QED) is 0.929. The maximum absolute atomic E-state index is 12.7. The fourth-order valence-electron chi connectivity index (χ4n) is 3.24. The van der Waals surface area contributed by atoms with Crippen molar-refractivity contribution in [1.82, 2.24) is 5.32 Å². The van der Waals surface area contributed by atoms with Gasteiger partial charge in [0.15, 0.2) is 9.84 Å². The van der Waals surface area contributed by atoms with Gasteiger partial charge in [-0.15, -0.1) is 0 Å². The molecule has 0 spiro atoms. The van der Waals surface area contributed by atoms with Crippen LogP contribution in [-0.4, -0.2) is 26.8 Å². The Morgan fingerprint density at radius 2 is 2.00 bits per heavy atom. The molecule has 112 valence electrons. The fraction of sp³-hybridized carbons (Fsp3) is 0.600. The molecule has 3 nitrogen and oxygen atoms in total. The fourth-order valence-corrected chi connectivity index (χ4v) is 5.82. The van der Waals surface area contributed by atoms with Crippen LogP contribution in [0.2, 0.25) is 5.02 Å². The van der Waals surface area contributed by atoms with Crippen molar-refractivity contribution >= 4 is 21.4 Å². The van der Waals surface area contributed by atoms with Crippen molar-refractivity contribution in [2.45, 2.75) is 43.7 Å². The van der Waals surface area contributed by atoms with Crippen LogP contribution < -0.4 is 5.32 Å². The summed E-state index contributed by atoms with van der Waals surface area (Å²) in [7, 11) is -1.37. The zero-order chi connectivity index (χ0) is 15.0. The number of nitrogens with one attached hydrogen (secondary N) is 1. The van der Waals surface area contributed by atoms with Gasteiger partial charge in [-0.05, 0) is 36.9 Å². The van der Waals surface area contributed by atoms with Gasteiger partial charge in [0, 0.05) is 11.1 Å². The highest BCUT2D eigenvalue weighted by Crippen LogP contribution is 2.41. The highest BCUT2D eigenvalue weighted by Gasteiger charge is 2.46. The van der Waals surface area contributed by atoms with E-state index in [1.165, 1.54) is 0 Å². The highest BCUT2D eigenvalue weighted by molar-refractivity contribution is 7.91. The number of hydrogen-bond donors (Lipinski definition) is 1. The third-order valence-electron chi connectivity index (χ3n) is 4.37. The van der Waals surface area contributed by atoms with E-state index in [2.05, 4.69) is 19.2 Å². The van der Waals surface area contributed by atoms with E-state index < -0.39 is 9.84 Å². The molecule has 1 aliphatic rings. The highest BCUT2D eigenvalue weighted by atomic mass is 35.5. The molecule has 20 heavy (non-hydrogen) atoms. The topological polar surface area (TPSA) is 46.2 Å². The van der Waals surface area contributed by atoms with Crippen LogP contribution in [0.3, 0.4) is 0 Å². The second-order valence-electron chi connectivity index (χ2n) is 6.23. The van der Waals surface area contributed by atoms with E-state index >= 15 is 0 Å². The SMILES string of the molecule is CNC1C(S(=O)(=O)Cc2ccccc2Cl)CCC1(C)C. The first kappa shape index (κ1) is 15.8. The van der Waals surface area contributed by atoms with Crippen molar-refractivity contribution in [2.24, 2.45) is 5.41 Å². The minimum absolute atomic E-state index is 0.00464. The number of benzene rings is 1. The number of rotatable bonds is 4. The van der Waals surface area contributed by atoms with Gasteiger partial charge in [-0.2, -0.15) is 0 Å². The van der Waals surface area contributed by atoms with Crippen LogP contribution in [0.5, 0.6) is 0 Å². The molecule has 0 aromatic heterocycles. The molecule has 5 heteroatoms. The summed E-state index contributed by atoms with van der Waals surface area (Å²) in [5, 5.41) is 3.39. The van der Waals surface area contributed by atoms with Crippen LogP contribution in [-0.2, 0) is 15.6 Å². The summed E-state index contributed by atoms with van der Waals surface area (Å²) >= 11 is 6.08. The number of sulfone groups is 1. The lowest BCUT2D eigenvalue weighted by atomic mass is 9.87. The predicted molar refractivity (Wildman–Crippen MR) is 83.7 cm³/mol. The van der Waals surface area contributed by atoms with Crippen LogP contribution in [0.1, 0.15) is 32.3 Å². The zero-order valence-corrected chi connectivity index (χ0v) is 13.8. The Bertz CT molecular complexity index is 583. The lowest BCUT2D eigenvalue weighted by Gasteiger charge is -2.30. The first-order valence-electron chi connectivity index (χ1n) is 6.90. The van der Waals surface area contributed by atoms with Crippen LogP contribution in [0.4, 0.5) is 0 Å². The van der Waals surface area contributed by atoms with Crippen LogP contribution in [0, 0.1) is 5.41 Å². The third-order valence-corrected chi connectivity index (χ3v) is 6.89. The molecule has 2 unspecified atom stereocenters. The maximum atomic E-state index is 12.7. The molecular formula is C15H22ClNO2S. The van der Waals surface area contributed by atoms with Gasteiger partial charge in [0.2, 0.25) is 0 Å². The van der Waals surface area contributed by atoms with Crippen molar-refractivity contribution < 1.29 is 8.42 Å². The van der Waals surface area contributed by atoms with E-state index in [1.54, 1.807) is 12.1 Å². The molecule has 0 bridgehead atoms. The Balaban J connectivity index is 2.26. The lowest BCUT2D eigenvalue weighted by molar-refractivity contribution is 0.297. The molecule has 1 saturated carbocycles. The van der Waals surface area contributed by atoms with Gasteiger partial charge < -0.3 is 5.32 Å². The van der Waals surface area contributed by atoms with E-state index in [4.69, 9.17) is 11.6 Å². The standard InChI is InChI=1S/C15H22ClNO2S/c1-15(2)9-8-13(14(15)17-3)20(18,19)10-11-6-4-5-7-12(11)16/h4-7,13-14,17H,8-10H2,1-3H3. The minimum atomic E-state index is -3.21. The van der Waals surface area contributed by atoms with E-state index in [-0.39, 0.29) is 22.5 Å². The molecule has 0 radical (unpaired) electrons. The first-order valence-corrected chi connectivity index (χ1v) is 8.99. The normalized spacial score (nSPS) is 25.8. The summed E-state index contributed by atoms with van der Waals surface area (Å²) in [5.41, 5.74) is 0.696. The monoisotopic (exact) mass is 315 g/mol. The Morgan fingerprint density at radius 1 is 1.35 bits per heavy atom. The molecule has 0 heterocycles. The summed E-state index contributed by atoms with van der Waals surface area (Å²) in [6.45, 7) is 4.25. The van der Waals surface area contributed by atoms with Gasteiger partial charge in [-0.25, -0.2) is 8.42 Å². The molecule has 2 rings (SSSR count). The van der Waals surface area contributed by atoms with Gasteiger partial charge in [-0.1, -0.05) is 43.6 Å². The van der Waals surface area contributed by atoms with Gasteiger partial charge in [0.05, 0.1) is 11.0 Å². The smallest absolute Gasteiger partial charge is 0.158 e. The van der Waals surface area contributed by atoms with E-state index in [9.17, 15) is 8.42 Å². The van der Waals surface area contributed by atoms with Crippen molar-refractivity contribution in [3.63, 3.8) is 0 Å². The Labute approximate surface area is 126 Å². The summed E-state index contributed by atoms with van der Waals surface area (Å²) in [4.78, 5) is 0. The third kappa shape index (κ3) is 3.02. The average Bonchev–Trinajstić information content (AvgIpc) is 2.67. The molecule has 0 aliphatic heterocycles. The zero-order valence-electron chi connectivity index (χ0n) is 12.2. The molecule has 1 fully saturated rings. The van der Waals surface area contributed by atoms with Crippen molar-refractivity contribution in [3.05, 3.63) is 34.9 Å². The Hall–Kier alpha value is -0.580. The molecule has 1 aromatic carbocycles. The molecule has 1 aromatic rings. The summed E-state index contributed by atoms with van der Waals surface area (Å²) in [6.07, 6.45) is 1.64. The van der Waals surface area contributed by atoms with Gasteiger partial charge in [0.25, 0.3) is 0 Å². The second-order valence-corrected chi connectivity index (χ2v) is 8.86. The van der Waals surface area contributed by atoms with Crippen LogP contribution in [0.25, 0.3) is 0 Å².